The molecule has 0 aliphatic carbocycles. The molecule has 0 radical (unpaired) electrons. The van der Waals surface area contributed by atoms with Gasteiger partial charge in [0.05, 0.1) is 19.1 Å². The van der Waals surface area contributed by atoms with Gasteiger partial charge >= 0.3 is 5.97 Å². The highest BCUT2D eigenvalue weighted by Gasteiger charge is 2.25. The molecule has 0 spiro atoms. The molecule has 0 N–H and O–H groups in total. The summed E-state index contributed by atoms with van der Waals surface area (Å²) in [5, 5.41) is 18.7. The number of ether oxygens (including phenoxy) is 2. The Hall–Kier alpha value is -2.67. The first-order valence-electron chi connectivity index (χ1n) is 9.71. The normalized spacial score (nSPS) is 15.4. The minimum Gasteiger partial charge on any atom is -0.496 e. The van der Waals surface area contributed by atoms with Gasteiger partial charge in [0.15, 0.2) is 0 Å². The first kappa shape index (κ1) is 21.6. The Bertz CT molecular complexity index is 769. The molecule has 0 saturated carbocycles. The van der Waals surface area contributed by atoms with Crippen molar-refractivity contribution < 1.29 is 14.3 Å². The van der Waals surface area contributed by atoms with Crippen LogP contribution in [0.4, 0.5) is 5.69 Å². The van der Waals surface area contributed by atoms with E-state index in [1.807, 2.05) is 39.0 Å². The van der Waals surface area contributed by atoms with Crippen molar-refractivity contribution in [3.8, 4) is 17.8 Å². The molecular formula is C21H28BN3O3. The first-order valence-corrected chi connectivity index (χ1v) is 9.71. The van der Waals surface area contributed by atoms with Crippen LogP contribution in [0, 0.1) is 22.6 Å². The predicted molar refractivity (Wildman–Crippen MR) is 110 cm³/mol. The number of carbonyl (C=O) groups excluding carboxylic acids is 1. The lowest BCUT2D eigenvalue weighted by Crippen LogP contribution is -2.36. The Labute approximate surface area is 168 Å². The first-order chi connectivity index (χ1) is 13.3. The summed E-state index contributed by atoms with van der Waals surface area (Å²) in [7, 11) is 1.59. The number of benzene rings is 1. The maximum Gasteiger partial charge on any atom is 0.306 e. The Kier molecular flexibility index (Phi) is 7.34. The average molecular weight is 381 g/mol. The molecule has 1 aliphatic rings. The van der Waals surface area contributed by atoms with Gasteiger partial charge < -0.3 is 14.4 Å². The Morgan fingerprint density at radius 2 is 1.96 bits per heavy atom. The fourth-order valence-corrected chi connectivity index (χ4v) is 3.40. The lowest BCUT2D eigenvalue weighted by atomic mass is 9.45. The van der Waals surface area contributed by atoms with Gasteiger partial charge in [0.1, 0.15) is 11.4 Å². The molecule has 1 saturated heterocycles. The molecule has 1 unspecified atom stereocenters. The second-order valence-electron chi connectivity index (χ2n) is 8.12. The second kappa shape index (κ2) is 9.51. The van der Waals surface area contributed by atoms with E-state index >= 15 is 0 Å². The van der Waals surface area contributed by atoms with Crippen molar-refractivity contribution in [3.05, 3.63) is 23.8 Å². The molecule has 0 bridgehead atoms. The van der Waals surface area contributed by atoms with Gasteiger partial charge in [0.2, 0.25) is 0 Å². The maximum atomic E-state index is 12.0. The van der Waals surface area contributed by atoms with Crippen LogP contribution >= 0.6 is 0 Å². The average Bonchev–Trinajstić information content (AvgIpc) is 2.67. The lowest BCUT2D eigenvalue weighted by Gasteiger charge is -2.30. The van der Waals surface area contributed by atoms with E-state index < -0.39 is 11.5 Å². The largest absolute Gasteiger partial charge is 0.496 e. The van der Waals surface area contributed by atoms with Crippen molar-refractivity contribution >= 4 is 18.4 Å². The zero-order chi connectivity index (χ0) is 20.7. The lowest BCUT2D eigenvalue weighted by molar-refractivity contribution is -0.154. The summed E-state index contributed by atoms with van der Waals surface area (Å²) in [6, 6.07) is 8.13. The van der Waals surface area contributed by atoms with Gasteiger partial charge in [-0.05, 0) is 45.9 Å². The van der Waals surface area contributed by atoms with Crippen LogP contribution in [0.15, 0.2) is 18.2 Å². The van der Waals surface area contributed by atoms with Gasteiger partial charge in [-0.3, -0.25) is 4.79 Å². The van der Waals surface area contributed by atoms with E-state index in [2.05, 4.69) is 16.9 Å². The Morgan fingerprint density at radius 3 is 2.50 bits per heavy atom. The third-order valence-electron chi connectivity index (χ3n) is 4.85. The van der Waals surface area contributed by atoms with Crippen LogP contribution in [-0.4, -0.2) is 38.5 Å². The van der Waals surface area contributed by atoms with E-state index in [0.29, 0.717) is 12.2 Å². The quantitative estimate of drug-likeness (QED) is 0.550. The van der Waals surface area contributed by atoms with E-state index in [0.717, 1.165) is 37.0 Å². The molecule has 6 nitrogen and oxygen atoms in total. The fraction of sp³-hybridized carbons (Fsp3) is 0.571. The zero-order valence-electron chi connectivity index (χ0n) is 17.2. The number of esters is 1. The van der Waals surface area contributed by atoms with Crippen molar-refractivity contribution in [2.24, 2.45) is 0 Å². The highest BCUT2D eigenvalue weighted by molar-refractivity contribution is 6.67. The van der Waals surface area contributed by atoms with E-state index in [1.54, 1.807) is 7.11 Å². The van der Waals surface area contributed by atoms with Crippen LogP contribution in [0.2, 0.25) is 12.6 Å². The highest BCUT2D eigenvalue weighted by atomic mass is 16.6. The number of hydrogen-bond donors (Lipinski definition) is 0. The minimum atomic E-state index is -0.530. The van der Waals surface area contributed by atoms with Crippen LogP contribution < -0.4 is 9.64 Å². The third kappa shape index (κ3) is 5.92. The number of anilines is 1. The third-order valence-corrected chi connectivity index (χ3v) is 4.85. The van der Waals surface area contributed by atoms with Crippen LogP contribution in [-0.2, 0) is 9.53 Å². The van der Waals surface area contributed by atoms with Crippen molar-refractivity contribution in [1.29, 1.82) is 10.5 Å². The molecule has 1 aromatic carbocycles. The smallest absolute Gasteiger partial charge is 0.306 e. The molecule has 1 atom stereocenters. The molecule has 1 aliphatic heterocycles. The van der Waals surface area contributed by atoms with Crippen molar-refractivity contribution in [1.82, 2.24) is 0 Å². The van der Waals surface area contributed by atoms with Crippen LogP contribution in [0.5, 0.6) is 5.75 Å². The maximum absolute atomic E-state index is 12.0. The van der Waals surface area contributed by atoms with Gasteiger partial charge in [-0.15, -0.1) is 0 Å². The molecule has 0 amide bonds. The van der Waals surface area contributed by atoms with Crippen molar-refractivity contribution in [2.75, 3.05) is 25.1 Å². The van der Waals surface area contributed by atoms with Gasteiger partial charge in [-0.2, -0.15) is 5.26 Å². The van der Waals surface area contributed by atoms with Crippen molar-refractivity contribution in [3.63, 3.8) is 0 Å². The topological polar surface area (TPSA) is 86.4 Å². The Balaban J connectivity index is 2.08. The van der Waals surface area contributed by atoms with Crippen LogP contribution in [0.25, 0.3) is 0 Å². The molecule has 1 aromatic rings. The van der Waals surface area contributed by atoms with Crippen LogP contribution in [0.1, 0.15) is 45.1 Å². The predicted octanol–water partition coefficient (Wildman–Crippen LogP) is 3.80. The number of methoxy groups -OCH3 is 1. The molecular weight excluding hydrogens is 353 g/mol. The molecule has 1 heterocycles. The molecule has 148 valence electrons. The standard InChI is InChI=1S/C21H28BN3O3/c1-21(2,3)28-20(26)8-5-16(14-23)18-7-6-17(13-19(18)27-4)25-11-9-22(15-24)10-12-25/h6-7,13,16H,5,8-12H2,1-4H3. The fourth-order valence-electron chi connectivity index (χ4n) is 3.40. The summed E-state index contributed by atoms with van der Waals surface area (Å²) in [5.74, 6) is 2.25. The number of nitriles is 2. The summed E-state index contributed by atoms with van der Waals surface area (Å²) in [6.45, 7) is 7.28. The summed E-state index contributed by atoms with van der Waals surface area (Å²) in [5.41, 5.74) is 1.28. The van der Waals surface area contributed by atoms with E-state index in [1.165, 1.54) is 0 Å². The monoisotopic (exact) mass is 381 g/mol. The Morgan fingerprint density at radius 1 is 1.29 bits per heavy atom. The summed E-state index contributed by atoms with van der Waals surface area (Å²) < 4.78 is 10.9. The second-order valence-corrected chi connectivity index (χ2v) is 8.12. The number of hydrogen-bond acceptors (Lipinski definition) is 6. The number of carbonyl (C=O) groups is 1. The summed E-state index contributed by atoms with van der Waals surface area (Å²) in [4.78, 5) is 14.2. The molecule has 2 rings (SSSR count). The summed E-state index contributed by atoms with van der Waals surface area (Å²) in [6.07, 6.45) is 2.28. The van der Waals surface area contributed by atoms with Gasteiger partial charge in [-0.25, -0.2) is 5.26 Å². The number of nitrogens with zero attached hydrogens (tertiary/aromatic N) is 3. The highest BCUT2D eigenvalue weighted by Crippen LogP contribution is 2.34. The molecule has 28 heavy (non-hydrogen) atoms. The van der Waals surface area contributed by atoms with Gasteiger partial charge in [-0.1, -0.05) is 6.07 Å². The minimum absolute atomic E-state index is 0.133. The van der Waals surface area contributed by atoms with E-state index in [-0.39, 0.29) is 19.1 Å². The zero-order valence-corrected chi connectivity index (χ0v) is 17.2. The molecule has 7 heteroatoms. The van der Waals surface area contributed by atoms with Gasteiger partial charge in [0, 0.05) is 42.8 Å². The van der Waals surface area contributed by atoms with E-state index in [9.17, 15) is 10.1 Å². The van der Waals surface area contributed by atoms with E-state index in [4.69, 9.17) is 14.7 Å². The summed E-state index contributed by atoms with van der Waals surface area (Å²) >= 11 is 0. The SMILES string of the molecule is COc1cc(N2CCB(C#N)CC2)ccc1C(C#N)CCC(=O)OC(C)(C)C. The molecule has 1 fully saturated rings. The van der Waals surface area contributed by atoms with Crippen LogP contribution in [0.3, 0.4) is 0 Å². The molecule has 0 aromatic heterocycles. The number of rotatable bonds is 6. The van der Waals surface area contributed by atoms with Crippen molar-refractivity contribution in [2.45, 2.75) is 57.8 Å². The van der Waals surface area contributed by atoms with Gasteiger partial charge in [0.25, 0.3) is 6.71 Å².